The number of nitro benzene ring substituents is 1. The molecule has 112 valence electrons. The zero-order chi connectivity index (χ0) is 16.0. The topological polar surface area (TPSA) is 95.7 Å². The van der Waals surface area contributed by atoms with E-state index in [9.17, 15) is 19.7 Å². The van der Waals surface area contributed by atoms with Gasteiger partial charge >= 0.3 is 11.9 Å². The average molecular weight is 293 g/mol. The fourth-order valence-corrected chi connectivity index (χ4v) is 1.61. The van der Waals surface area contributed by atoms with Gasteiger partial charge < -0.3 is 9.47 Å². The number of hydrogen-bond donors (Lipinski definition) is 0. The molecule has 21 heavy (non-hydrogen) atoms. The van der Waals surface area contributed by atoms with Crippen molar-refractivity contribution in [3.05, 3.63) is 52.1 Å². The highest BCUT2D eigenvalue weighted by Gasteiger charge is 2.25. The van der Waals surface area contributed by atoms with E-state index in [1.165, 1.54) is 31.2 Å². The third kappa shape index (κ3) is 4.41. The maximum atomic E-state index is 11.7. The van der Waals surface area contributed by atoms with E-state index in [0.29, 0.717) is 5.56 Å². The summed E-state index contributed by atoms with van der Waals surface area (Å²) in [5.74, 6) is -1.30. The lowest BCUT2D eigenvalue weighted by Crippen LogP contribution is -2.18. The Morgan fingerprint density at radius 3 is 2.33 bits per heavy atom. The summed E-state index contributed by atoms with van der Waals surface area (Å²) in [6.45, 7) is 6.56. The predicted octanol–water partition coefficient (Wildman–Crippen LogP) is 2.32. The Morgan fingerprint density at radius 2 is 1.90 bits per heavy atom. The van der Waals surface area contributed by atoms with E-state index >= 15 is 0 Å². The highest BCUT2D eigenvalue weighted by atomic mass is 16.6. The Morgan fingerprint density at radius 1 is 1.33 bits per heavy atom. The second-order valence-electron chi connectivity index (χ2n) is 4.08. The van der Waals surface area contributed by atoms with Crippen LogP contribution in [0, 0.1) is 10.1 Å². The maximum absolute atomic E-state index is 11.7. The molecular formula is C14H15NO6. The van der Waals surface area contributed by atoms with E-state index in [0.717, 1.165) is 0 Å². The molecule has 0 saturated carbocycles. The summed E-state index contributed by atoms with van der Waals surface area (Å²) in [7, 11) is 0. The maximum Gasteiger partial charge on any atom is 0.337 e. The predicted molar refractivity (Wildman–Crippen MR) is 73.4 cm³/mol. The summed E-state index contributed by atoms with van der Waals surface area (Å²) in [5, 5.41) is 10.6. The van der Waals surface area contributed by atoms with Crippen LogP contribution in [0.15, 0.2) is 36.4 Å². The lowest BCUT2D eigenvalue weighted by Gasteiger charge is -2.18. The van der Waals surface area contributed by atoms with Gasteiger partial charge in [0.2, 0.25) is 0 Å². The van der Waals surface area contributed by atoms with Gasteiger partial charge in [-0.1, -0.05) is 6.58 Å². The quantitative estimate of drug-likeness (QED) is 0.345. The van der Waals surface area contributed by atoms with Gasteiger partial charge in [0.25, 0.3) is 5.69 Å². The summed E-state index contributed by atoms with van der Waals surface area (Å²) >= 11 is 0. The molecule has 0 radical (unpaired) electrons. The van der Waals surface area contributed by atoms with E-state index in [2.05, 4.69) is 6.58 Å². The number of ether oxygens (including phenoxy) is 2. The number of benzene rings is 1. The fraction of sp³-hybridized carbons (Fsp3) is 0.286. The van der Waals surface area contributed by atoms with Crippen LogP contribution in [0.5, 0.6) is 0 Å². The van der Waals surface area contributed by atoms with Crippen molar-refractivity contribution < 1.29 is 24.0 Å². The van der Waals surface area contributed by atoms with Crippen LogP contribution in [0.2, 0.25) is 0 Å². The third-order valence-electron chi connectivity index (χ3n) is 2.54. The first-order valence-electron chi connectivity index (χ1n) is 6.14. The Hall–Kier alpha value is -2.70. The van der Waals surface area contributed by atoms with Crippen LogP contribution in [0.4, 0.5) is 5.69 Å². The zero-order valence-electron chi connectivity index (χ0n) is 11.7. The molecule has 1 rings (SSSR count). The van der Waals surface area contributed by atoms with Crippen molar-refractivity contribution in [2.24, 2.45) is 0 Å². The minimum absolute atomic E-state index is 0.0547. The fourth-order valence-electron chi connectivity index (χ4n) is 1.61. The molecule has 0 fully saturated rings. The molecule has 0 aliphatic carbocycles. The van der Waals surface area contributed by atoms with Gasteiger partial charge in [0.1, 0.15) is 0 Å². The van der Waals surface area contributed by atoms with Gasteiger partial charge in [0.15, 0.2) is 6.10 Å². The molecule has 0 aliphatic heterocycles. The molecule has 0 saturated heterocycles. The summed E-state index contributed by atoms with van der Waals surface area (Å²) in [5.41, 5.74) is 0.233. The number of carbonyl (C=O) groups excluding carboxylic acids is 2. The number of hydrogen-bond acceptors (Lipinski definition) is 6. The molecule has 0 spiro atoms. The molecule has 7 heteroatoms. The highest BCUT2D eigenvalue weighted by molar-refractivity contribution is 5.89. The van der Waals surface area contributed by atoms with Gasteiger partial charge in [-0.25, -0.2) is 4.79 Å². The van der Waals surface area contributed by atoms with Crippen LogP contribution in [0.1, 0.15) is 25.5 Å². The normalized spacial score (nSPS) is 11.3. The van der Waals surface area contributed by atoms with Gasteiger partial charge in [-0.15, -0.1) is 0 Å². The minimum Gasteiger partial charge on any atom is -0.463 e. The number of rotatable bonds is 6. The van der Waals surface area contributed by atoms with E-state index in [1.54, 1.807) is 6.92 Å². The largest absolute Gasteiger partial charge is 0.463 e. The van der Waals surface area contributed by atoms with Crippen molar-refractivity contribution in [2.45, 2.75) is 20.0 Å². The lowest BCUT2D eigenvalue weighted by molar-refractivity contribution is -0.384. The van der Waals surface area contributed by atoms with E-state index in [-0.39, 0.29) is 17.9 Å². The summed E-state index contributed by atoms with van der Waals surface area (Å²) in [4.78, 5) is 32.9. The monoisotopic (exact) mass is 293 g/mol. The molecule has 1 unspecified atom stereocenters. The molecule has 0 N–H and O–H groups in total. The molecule has 0 aromatic heterocycles. The first kappa shape index (κ1) is 16.4. The molecule has 0 amide bonds. The lowest BCUT2D eigenvalue weighted by atomic mass is 10.0. The summed E-state index contributed by atoms with van der Waals surface area (Å²) in [6, 6.07) is 5.31. The standard InChI is InChI=1S/C14H15NO6/c1-4-20-14(17)9(2)13(21-10(3)16)11-5-7-12(8-6-11)15(18)19/h5-8,13H,2,4H2,1,3H3. The van der Waals surface area contributed by atoms with Crippen molar-refractivity contribution in [2.75, 3.05) is 6.61 Å². The van der Waals surface area contributed by atoms with Gasteiger partial charge in [-0.2, -0.15) is 0 Å². The SMILES string of the molecule is C=C(C(=O)OCC)C(OC(C)=O)c1ccc([N+](=O)[O-])cc1. The Kier molecular flexibility index (Phi) is 5.59. The van der Waals surface area contributed by atoms with Crippen LogP contribution in [0.25, 0.3) is 0 Å². The number of non-ortho nitro benzene ring substituents is 1. The van der Waals surface area contributed by atoms with Crippen LogP contribution in [-0.4, -0.2) is 23.5 Å². The molecule has 1 aromatic rings. The molecule has 0 bridgehead atoms. The van der Waals surface area contributed by atoms with Crippen molar-refractivity contribution in [1.29, 1.82) is 0 Å². The molecule has 7 nitrogen and oxygen atoms in total. The third-order valence-corrected chi connectivity index (χ3v) is 2.54. The zero-order valence-corrected chi connectivity index (χ0v) is 11.7. The number of nitrogens with zero attached hydrogens (tertiary/aromatic N) is 1. The second kappa shape index (κ2) is 7.18. The Labute approximate surface area is 121 Å². The van der Waals surface area contributed by atoms with E-state index in [1.807, 2.05) is 0 Å². The smallest absolute Gasteiger partial charge is 0.337 e. The molecule has 0 heterocycles. The Balaban J connectivity index is 3.07. The molecule has 1 aromatic carbocycles. The van der Waals surface area contributed by atoms with Gasteiger partial charge in [-0.05, 0) is 24.6 Å². The summed E-state index contributed by atoms with van der Waals surface area (Å²) < 4.78 is 9.87. The first-order chi connectivity index (χ1) is 9.86. The number of nitro groups is 1. The molecule has 0 aliphatic rings. The van der Waals surface area contributed by atoms with Crippen molar-refractivity contribution in [3.8, 4) is 0 Å². The molecule has 1 atom stereocenters. The number of esters is 2. The van der Waals surface area contributed by atoms with Crippen molar-refractivity contribution in [1.82, 2.24) is 0 Å². The number of carbonyl (C=O) groups is 2. The van der Waals surface area contributed by atoms with Gasteiger partial charge in [-0.3, -0.25) is 14.9 Å². The van der Waals surface area contributed by atoms with Gasteiger partial charge in [0, 0.05) is 19.1 Å². The van der Waals surface area contributed by atoms with Gasteiger partial charge in [0.05, 0.1) is 17.1 Å². The average Bonchev–Trinajstić information content (AvgIpc) is 2.44. The first-order valence-corrected chi connectivity index (χ1v) is 6.14. The van der Waals surface area contributed by atoms with E-state index in [4.69, 9.17) is 9.47 Å². The van der Waals surface area contributed by atoms with E-state index < -0.39 is 23.0 Å². The summed E-state index contributed by atoms with van der Waals surface area (Å²) in [6.07, 6.45) is -1.04. The minimum atomic E-state index is -1.04. The van der Waals surface area contributed by atoms with Crippen molar-refractivity contribution in [3.63, 3.8) is 0 Å². The van der Waals surface area contributed by atoms with Crippen LogP contribution in [-0.2, 0) is 19.1 Å². The highest BCUT2D eigenvalue weighted by Crippen LogP contribution is 2.27. The Bertz CT molecular complexity index is 563. The second-order valence-corrected chi connectivity index (χ2v) is 4.08. The molecular weight excluding hydrogens is 278 g/mol. The van der Waals surface area contributed by atoms with Crippen LogP contribution >= 0.6 is 0 Å². The van der Waals surface area contributed by atoms with Crippen LogP contribution < -0.4 is 0 Å². The van der Waals surface area contributed by atoms with Crippen LogP contribution in [0.3, 0.4) is 0 Å². The van der Waals surface area contributed by atoms with Crippen molar-refractivity contribution >= 4 is 17.6 Å².